The van der Waals surface area contributed by atoms with E-state index in [0.717, 1.165) is 12.8 Å². The van der Waals surface area contributed by atoms with Gasteiger partial charge in [0.25, 0.3) is 23.6 Å². The lowest BCUT2D eigenvalue weighted by Gasteiger charge is -2.34. The number of nitriles is 1. The highest BCUT2D eigenvalue weighted by atomic mass is 16.2. The quantitative estimate of drug-likeness (QED) is 0.0885. The highest BCUT2D eigenvalue weighted by Gasteiger charge is 2.40. The predicted molar refractivity (Wildman–Crippen MR) is 168 cm³/mol. The van der Waals surface area contributed by atoms with Crippen LogP contribution in [0.15, 0.2) is 36.4 Å². The Bertz CT molecular complexity index is 2090. The Morgan fingerprint density at radius 2 is 1.14 bits per heavy atom. The lowest BCUT2D eigenvalue weighted by Crippen LogP contribution is -2.46. The second-order valence-corrected chi connectivity index (χ2v) is 11.9. The van der Waals surface area contributed by atoms with Crippen LogP contribution >= 0.6 is 0 Å². The number of carbonyl (C=O) groups excluding carboxylic acids is 4. The predicted octanol–water partition coefficient (Wildman–Crippen LogP) is 7.73. The van der Waals surface area contributed by atoms with Crippen LogP contribution in [0, 0.1) is 17.9 Å². The zero-order valence-electron chi connectivity index (χ0n) is 24.9. The molecule has 5 aromatic rings. The van der Waals surface area contributed by atoms with Gasteiger partial charge in [-0.05, 0) is 77.9 Å². The molecule has 0 saturated carbocycles. The molecule has 0 aromatic heterocycles. The summed E-state index contributed by atoms with van der Waals surface area (Å²) >= 11 is 0. The van der Waals surface area contributed by atoms with Crippen molar-refractivity contribution in [1.82, 2.24) is 9.80 Å². The number of imide groups is 2. The number of nitrogens with zero attached hydrogens (tertiary/aromatic N) is 4. The summed E-state index contributed by atoms with van der Waals surface area (Å²) in [5, 5.41) is 14.7. The second kappa shape index (κ2) is 9.59. The minimum absolute atomic E-state index is 0.230. The number of fused-ring (bicyclic) bond motifs is 2. The summed E-state index contributed by atoms with van der Waals surface area (Å²) in [6.07, 6.45) is 2.90. The van der Waals surface area contributed by atoms with E-state index < -0.39 is 11.8 Å². The molecule has 7 rings (SSSR count). The summed E-state index contributed by atoms with van der Waals surface area (Å²) in [5.41, 5.74) is 1.79. The molecule has 2 heterocycles. The molecule has 5 aromatic carbocycles. The van der Waals surface area contributed by atoms with Crippen molar-refractivity contribution in [2.75, 3.05) is 0 Å². The van der Waals surface area contributed by atoms with Crippen LogP contribution in [0.5, 0.6) is 0 Å². The van der Waals surface area contributed by atoms with E-state index in [1.165, 1.54) is 9.80 Å². The zero-order valence-corrected chi connectivity index (χ0v) is 24.9. The van der Waals surface area contributed by atoms with Gasteiger partial charge in [-0.3, -0.25) is 29.0 Å². The van der Waals surface area contributed by atoms with E-state index in [9.17, 15) is 24.4 Å². The Kier molecular flexibility index (Phi) is 5.99. The van der Waals surface area contributed by atoms with Crippen molar-refractivity contribution in [1.29, 1.82) is 5.26 Å². The summed E-state index contributed by atoms with van der Waals surface area (Å²) in [5.74, 6) is -1.65. The van der Waals surface area contributed by atoms with Gasteiger partial charge in [-0.25, -0.2) is 4.85 Å². The molecule has 0 radical (unpaired) electrons. The Hall–Kier alpha value is -5.34. The Labute approximate surface area is 253 Å². The fourth-order valence-corrected chi connectivity index (χ4v) is 7.55. The highest BCUT2D eigenvalue weighted by Crippen LogP contribution is 2.50. The van der Waals surface area contributed by atoms with Crippen LogP contribution in [0.1, 0.15) is 100 Å². The van der Waals surface area contributed by atoms with Crippen LogP contribution in [0.2, 0.25) is 0 Å². The van der Waals surface area contributed by atoms with Crippen molar-refractivity contribution in [3.05, 3.63) is 75.6 Å². The molecule has 0 N–H and O–H groups in total. The van der Waals surface area contributed by atoms with Crippen molar-refractivity contribution >= 4 is 72.4 Å². The van der Waals surface area contributed by atoms with Crippen LogP contribution in [0.4, 0.5) is 5.69 Å². The van der Waals surface area contributed by atoms with Gasteiger partial charge in [-0.2, -0.15) is 5.26 Å². The first-order valence-electron chi connectivity index (χ1n) is 15.0. The normalized spacial score (nSPS) is 16.0. The van der Waals surface area contributed by atoms with E-state index in [2.05, 4.69) is 10.9 Å². The number of rotatable bonds is 6. The lowest BCUT2D eigenvalue weighted by molar-refractivity contribution is 0.0528. The van der Waals surface area contributed by atoms with E-state index in [4.69, 9.17) is 6.57 Å². The average Bonchev–Trinajstić information content (AvgIpc) is 3.01. The molecule has 4 amide bonds. The Morgan fingerprint density at radius 1 is 0.682 bits per heavy atom. The van der Waals surface area contributed by atoms with Crippen molar-refractivity contribution in [3.63, 3.8) is 0 Å². The van der Waals surface area contributed by atoms with Crippen molar-refractivity contribution in [2.24, 2.45) is 0 Å². The summed E-state index contributed by atoms with van der Waals surface area (Å²) < 4.78 is 0. The van der Waals surface area contributed by atoms with E-state index >= 15 is 0 Å². The van der Waals surface area contributed by atoms with Crippen molar-refractivity contribution < 1.29 is 19.2 Å². The SMILES string of the molecule is [C-]#[N+]c1cc2c3c(ccc4c5c(C#N)cc6c7c(ccc(c1c34)c75)C(=O)N(C(C)CCC)C6=O)C(=O)N(C(C)CCC)C2=O. The molecule has 8 nitrogen and oxygen atoms in total. The van der Waals surface area contributed by atoms with Gasteiger partial charge in [0, 0.05) is 44.9 Å². The van der Waals surface area contributed by atoms with Crippen LogP contribution in [-0.4, -0.2) is 45.5 Å². The highest BCUT2D eigenvalue weighted by molar-refractivity contribution is 6.43. The van der Waals surface area contributed by atoms with Gasteiger partial charge in [0.15, 0.2) is 5.69 Å². The maximum atomic E-state index is 13.9. The maximum Gasteiger partial charge on any atom is 0.261 e. The molecular weight excluding hydrogens is 552 g/mol. The molecule has 44 heavy (non-hydrogen) atoms. The van der Waals surface area contributed by atoms with Gasteiger partial charge in [-0.15, -0.1) is 0 Å². The van der Waals surface area contributed by atoms with Gasteiger partial charge in [0.2, 0.25) is 0 Å². The van der Waals surface area contributed by atoms with E-state index in [-0.39, 0.29) is 46.3 Å². The topological polar surface area (TPSA) is 103 Å². The third-order valence-corrected chi connectivity index (χ3v) is 9.42. The monoisotopic (exact) mass is 580 g/mol. The molecule has 2 aliphatic heterocycles. The van der Waals surface area contributed by atoms with Gasteiger partial charge in [-0.1, -0.05) is 38.8 Å². The zero-order chi connectivity index (χ0) is 31.2. The summed E-state index contributed by atoms with van der Waals surface area (Å²) in [6.45, 7) is 15.8. The van der Waals surface area contributed by atoms with Gasteiger partial charge in [0.05, 0.1) is 23.8 Å². The molecule has 2 aliphatic rings. The minimum Gasteiger partial charge on any atom is -0.272 e. The Balaban J connectivity index is 1.65. The van der Waals surface area contributed by atoms with Crippen molar-refractivity contribution in [2.45, 2.75) is 65.5 Å². The van der Waals surface area contributed by atoms with Crippen LogP contribution in [0.25, 0.3) is 47.9 Å². The van der Waals surface area contributed by atoms with Crippen LogP contribution in [0.3, 0.4) is 0 Å². The fraction of sp³-hybridized carbons (Fsp3) is 0.278. The lowest BCUT2D eigenvalue weighted by atomic mass is 9.80. The molecule has 0 fully saturated rings. The van der Waals surface area contributed by atoms with E-state index in [1.807, 2.05) is 27.7 Å². The minimum atomic E-state index is -0.442. The number of benzene rings is 5. The molecule has 216 valence electrons. The largest absolute Gasteiger partial charge is 0.272 e. The van der Waals surface area contributed by atoms with Gasteiger partial charge >= 0.3 is 0 Å². The Morgan fingerprint density at radius 3 is 1.61 bits per heavy atom. The standard InChI is InChI=1S/C36H28N4O4/c1-6-8-17(3)39-33(41)22-13-11-21-30-26(38-5)15-25-29-23(34(42)40(36(25)44)18(4)9-7-2)12-10-20(32(29)30)27-19(16-37)14-24(35(39)43)28(22)31(21)27/h10-15,17-18H,6-9H2,1-4H3. The first-order chi connectivity index (χ1) is 21.2. The van der Waals surface area contributed by atoms with E-state index in [0.29, 0.717) is 67.1 Å². The van der Waals surface area contributed by atoms with Crippen molar-refractivity contribution in [3.8, 4) is 6.07 Å². The van der Waals surface area contributed by atoms with Gasteiger partial charge < -0.3 is 0 Å². The second-order valence-electron chi connectivity index (χ2n) is 11.9. The molecule has 0 spiro atoms. The van der Waals surface area contributed by atoms with Crippen LogP contribution < -0.4 is 0 Å². The molecule has 2 atom stereocenters. The third kappa shape index (κ3) is 3.31. The summed E-state index contributed by atoms with van der Waals surface area (Å²) in [4.78, 5) is 61.9. The molecule has 0 saturated heterocycles. The number of carbonyl (C=O) groups is 4. The molecule has 2 unspecified atom stereocenters. The van der Waals surface area contributed by atoms with Gasteiger partial charge in [0.1, 0.15) is 0 Å². The summed E-state index contributed by atoms with van der Waals surface area (Å²) in [6, 6.07) is 11.7. The number of hydrogen-bond donors (Lipinski definition) is 0. The smallest absolute Gasteiger partial charge is 0.261 e. The molecule has 8 heteroatoms. The average molecular weight is 581 g/mol. The molecule has 0 aliphatic carbocycles. The molecular formula is C36H28N4O4. The third-order valence-electron chi connectivity index (χ3n) is 9.42. The summed E-state index contributed by atoms with van der Waals surface area (Å²) in [7, 11) is 0. The number of hydrogen-bond acceptors (Lipinski definition) is 5. The first-order valence-corrected chi connectivity index (χ1v) is 15.0. The maximum absolute atomic E-state index is 13.9. The van der Waals surface area contributed by atoms with Crippen LogP contribution in [-0.2, 0) is 0 Å². The molecule has 0 bridgehead atoms. The first kappa shape index (κ1) is 27.5. The van der Waals surface area contributed by atoms with E-state index in [1.54, 1.807) is 36.4 Å². The fourth-order valence-electron chi connectivity index (χ4n) is 7.55. The number of amides is 4.